The van der Waals surface area contributed by atoms with Crippen molar-refractivity contribution in [3.8, 4) is 0 Å². The van der Waals surface area contributed by atoms with Crippen molar-refractivity contribution in [2.45, 2.75) is 25.8 Å². The van der Waals surface area contributed by atoms with Crippen molar-refractivity contribution in [3.05, 3.63) is 53.9 Å². The summed E-state index contributed by atoms with van der Waals surface area (Å²) in [4.78, 5) is 6.72. The first-order valence-corrected chi connectivity index (χ1v) is 8.20. The molecule has 23 heavy (non-hydrogen) atoms. The van der Waals surface area contributed by atoms with E-state index in [0.717, 1.165) is 43.0 Å². The third-order valence-electron chi connectivity index (χ3n) is 4.72. The first-order chi connectivity index (χ1) is 11.4. The highest BCUT2D eigenvalue weighted by atomic mass is 16.6. The summed E-state index contributed by atoms with van der Waals surface area (Å²) in [6, 6.07) is 10.3. The minimum atomic E-state index is 0.764. The second kappa shape index (κ2) is 6.46. The second-order valence-corrected chi connectivity index (χ2v) is 6.33. The number of benzene rings is 1. The van der Waals surface area contributed by atoms with Gasteiger partial charge in [-0.05, 0) is 71.8 Å². The Hall–Kier alpha value is -2.27. The molecule has 0 amide bonds. The van der Waals surface area contributed by atoms with Crippen LogP contribution in [0.3, 0.4) is 0 Å². The average Bonchev–Trinajstić information content (AvgIpc) is 3.07. The third kappa shape index (κ3) is 3.24. The maximum absolute atomic E-state index is 4.85. The lowest BCUT2D eigenvalue weighted by atomic mass is 9.90. The summed E-state index contributed by atoms with van der Waals surface area (Å²) in [5.41, 5.74) is 4.29. The van der Waals surface area contributed by atoms with E-state index in [9.17, 15) is 0 Å². The van der Waals surface area contributed by atoms with Gasteiger partial charge in [-0.15, -0.1) is 0 Å². The number of likely N-dealkylation sites (tertiary alicyclic amines) is 1. The Morgan fingerprint density at radius 2 is 2.00 bits per heavy atom. The van der Waals surface area contributed by atoms with Gasteiger partial charge in [0.1, 0.15) is 11.0 Å². The van der Waals surface area contributed by atoms with Crippen molar-refractivity contribution < 1.29 is 4.63 Å². The number of fused-ring (bicyclic) bond motifs is 1. The fourth-order valence-electron chi connectivity index (χ4n) is 3.43. The van der Waals surface area contributed by atoms with Crippen LogP contribution < -0.4 is 0 Å². The lowest BCUT2D eigenvalue weighted by Crippen LogP contribution is -2.33. The zero-order valence-corrected chi connectivity index (χ0v) is 13.1. The van der Waals surface area contributed by atoms with Gasteiger partial charge < -0.3 is 0 Å². The Labute approximate surface area is 135 Å². The number of rotatable bonds is 4. The topological polar surface area (TPSA) is 55.1 Å². The number of nitrogens with zero attached hydrogens (tertiary/aromatic N) is 4. The van der Waals surface area contributed by atoms with Crippen LogP contribution >= 0.6 is 0 Å². The molecular weight excluding hydrogens is 288 g/mol. The van der Waals surface area contributed by atoms with Crippen LogP contribution in [0.15, 0.2) is 47.4 Å². The van der Waals surface area contributed by atoms with E-state index in [2.05, 4.69) is 32.3 Å². The van der Waals surface area contributed by atoms with Crippen molar-refractivity contribution in [1.29, 1.82) is 0 Å². The molecule has 5 nitrogen and oxygen atoms in total. The van der Waals surface area contributed by atoms with Gasteiger partial charge in [-0.2, -0.15) is 0 Å². The Balaban J connectivity index is 1.36. The van der Waals surface area contributed by atoms with Gasteiger partial charge in [0.05, 0.1) is 0 Å². The fourth-order valence-corrected chi connectivity index (χ4v) is 3.43. The molecule has 0 unspecified atom stereocenters. The van der Waals surface area contributed by atoms with Crippen molar-refractivity contribution in [2.24, 2.45) is 5.92 Å². The molecule has 0 atom stereocenters. The molecule has 5 heteroatoms. The van der Waals surface area contributed by atoms with Gasteiger partial charge in [0.2, 0.25) is 0 Å². The van der Waals surface area contributed by atoms with E-state index in [-0.39, 0.29) is 0 Å². The smallest absolute Gasteiger partial charge is 0.139 e. The molecule has 0 radical (unpaired) electrons. The monoisotopic (exact) mass is 308 g/mol. The molecule has 1 aliphatic rings. The molecule has 3 heterocycles. The van der Waals surface area contributed by atoms with Gasteiger partial charge in [0, 0.05) is 18.9 Å². The fraction of sp³-hybridized carbons (Fsp3) is 0.389. The molecular formula is C18H20N4O. The minimum absolute atomic E-state index is 0.764. The molecule has 0 N–H and O–H groups in total. The summed E-state index contributed by atoms with van der Waals surface area (Å²) in [7, 11) is 0. The van der Waals surface area contributed by atoms with Crippen molar-refractivity contribution in [3.63, 3.8) is 0 Å². The number of pyridine rings is 1. The van der Waals surface area contributed by atoms with Crippen molar-refractivity contribution in [1.82, 2.24) is 20.2 Å². The maximum Gasteiger partial charge on any atom is 0.139 e. The zero-order chi connectivity index (χ0) is 15.5. The van der Waals surface area contributed by atoms with Gasteiger partial charge in [-0.3, -0.25) is 9.88 Å². The summed E-state index contributed by atoms with van der Waals surface area (Å²) in [6.45, 7) is 3.18. The highest BCUT2D eigenvalue weighted by molar-refractivity contribution is 5.76. The summed E-state index contributed by atoms with van der Waals surface area (Å²) >= 11 is 0. The average molecular weight is 308 g/mol. The lowest BCUT2D eigenvalue weighted by molar-refractivity contribution is 0.177. The Morgan fingerprint density at radius 1 is 1.09 bits per heavy atom. The van der Waals surface area contributed by atoms with E-state index in [0.29, 0.717) is 0 Å². The van der Waals surface area contributed by atoms with E-state index in [1.54, 1.807) is 0 Å². The third-order valence-corrected chi connectivity index (χ3v) is 4.72. The number of piperidine rings is 1. The van der Waals surface area contributed by atoms with Crippen LogP contribution in [0.1, 0.15) is 24.0 Å². The van der Waals surface area contributed by atoms with Crippen LogP contribution in [0, 0.1) is 5.92 Å². The predicted octanol–water partition coefficient (Wildman–Crippen LogP) is 3.07. The second-order valence-electron chi connectivity index (χ2n) is 6.33. The van der Waals surface area contributed by atoms with Crippen LogP contribution in [0.25, 0.3) is 11.0 Å². The van der Waals surface area contributed by atoms with Crippen molar-refractivity contribution >= 4 is 11.0 Å². The van der Waals surface area contributed by atoms with Gasteiger partial charge >= 0.3 is 0 Å². The summed E-state index contributed by atoms with van der Waals surface area (Å²) in [6.07, 6.45) is 7.45. The van der Waals surface area contributed by atoms with E-state index in [1.165, 1.54) is 24.0 Å². The molecule has 2 aromatic heterocycles. The van der Waals surface area contributed by atoms with Gasteiger partial charge in [-0.1, -0.05) is 18.2 Å². The predicted molar refractivity (Wildman–Crippen MR) is 87.7 cm³/mol. The Bertz CT molecular complexity index is 763. The van der Waals surface area contributed by atoms with Crippen LogP contribution in [0.4, 0.5) is 0 Å². The highest BCUT2D eigenvalue weighted by Gasteiger charge is 2.20. The molecule has 0 spiro atoms. The standard InChI is InChI=1S/C18H20N4O/c1-4-16(18-17(5-1)20-23-21-18)13-22-9-6-14(7-10-22)11-15-3-2-8-19-12-15/h1-5,8,12,14H,6-7,9-11,13H2. The molecule has 1 saturated heterocycles. The zero-order valence-electron chi connectivity index (χ0n) is 13.1. The summed E-state index contributed by atoms with van der Waals surface area (Å²) in [5, 5.41) is 7.96. The van der Waals surface area contributed by atoms with E-state index in [1.807, 2.05) is 30.6 Å². The van der Waals surface area contributed by atoms with Crippen LogP contribution in [0.2, 0.25) is 0 Å². The van der Waals surface area contributed by atoms with E-state index in [4.69, 9.17) is 4.63 Å². The summed E-state index contributed by atoms with van der Waals surface area (Å²) < 4.78 is 4.85. The van der Waals surface area contributed by atoms with Crippen LogP contribution in [-0.4, -0.2) is 33.3 Å². The summed E-state index contributed by atoms with van der Waals surface area (Å²) in [5.74, 6) is 0.764. The maximum atomic E-state index is 4.85. The molecule has 4 rings (SSSR count). The van der Waals surface area contributed by atoms with Crippen molar-refractivity contribution in [2.75, 3.05) is 13.1 Å². The normalized spacial score (nSPS) is 16.9. The largest absolute Gasteiger partial charge is 0.299 e. The molecule has 0 bridgehead atoms. The SMILES string of the molecule is c1cncc(CC2CCN(Cc3cccc4nonc34)CC2)c1. The number of hydrogen-bond donors (Lipinski definition) is 0. The highest BCUT2D eigenvalue weighted by Crippen LogP contribution is 2.24. The molecule has 1 aromatic carbocycles. The van der Waals surface area contributed by atoms with Gasteiger partial charge in [0.25, 0.3) is 0 Å². The molecule has 118 valence electrons. The number of aromatic nitrogens is 3. The number of hydrogen-bond acceptors (Lipinski definition) is 5. The van der Waals surface area contributed by atoms with E-state index >= 15 is 0 Å². The minimum Gasteiger partial charge on any atom is -0.299 e. The van der Waals surface area contributed by atoms with Gasteiger partial charge in [-0.25, -0.2) is 4.63 Å². The first kappa shape index (κ1) is 14.3. The molecule has 0 saturated carbocycles. The van der Waals surface area contributed by atoms with Crippen LogP contribution in [-0.2, 0) is 13.0 Å². The molecule has 1 aliphatic heterocycles. The molecule has 0 aliphatic carbocycles. The lowest BCUT2D eigenvalue weighted by Gasteiger charge is -2.32. The van der Waals surface area contributed by atoms with Crippen LogP contribution in [0.5, 0.6) is 0 Å². The van der Waals surface area contributed by atoms with Gasteiger partial charge in [0.15, 0.2) is 0 Å². The quantitative estimate of drug-likeness (QED) is 0.741. The first-order valence-electron chi connectivity index (χ1n) is 8.20. The molecule has 1 fully saturated rings. The molecule has 3 aromatic rings. The van der Waals surface area contributed by atoms with E-state index < -0.39 is 0 Å². The Kier molecular flexibility index (Phi) is 4.03. The Morgan fingerprint density at radius 3 is 2.83 bits per heavy atom.